The number of hydrogen-bond donors (Lipinski definition) is 1. The van der Waals surface area contributed by atoms with Gasteiger partial charge in [0.2, 0.25) is 5.91 Å². The SMILES string of the molecule is CN1C=C(Cl)C(O)CC1=O. The molecular formula is C6H8ClNO2. The van der Waals surface area contributed by atoms with Crippen LogP contribution >= 0.6 is 11.6 Å². The molecule has 0 spiro atoms. The number of carbonyl (C=O) groups excluding carboxylic acids is 1. The topological polar surface area (TPSA) is 40.5 Å². The first-order valence-corrected chi connectivity index (χ1v) is 3.30. The number of aliphatic hydroxyl groups is 1. The summed E-state index contributed by atoms with van der Waals surface area (Å²) in [5, 5.41) is 9.34. The standard InChI is InChI=1S/C6H8ClNO2/c1-8-3-4(7)5(9)2-6(8)10/h3,5,9H,2H2,1H3. The molecule has 1 N–H and O–H groups in total. The van der Waals surface area contributed by atoms with E-state index in [0.717, 1.165) is 0 Å². The smallest absolute Gasteiger partial charge is 0.229 e. The fourth-order valence-electron chi connectivity index (χ4n) is 0.750. The second-order valence-electron chi connectivity index (χ2n) is 2.24. The molecule has 0 aliphatic carbocycles. The van der Waals surface area contributed by atoms with Gasteiger partial charge in [-0.25, -0.2) is 0 Å². The zero-order valence-electron chi connectivity index (χ0n) is 5.54. The Morgan fingerprint density at radius 2 is 2.50 bits per heavy atom. The van der Waals surface area contributed by atoms with Gasteiger partial charge >= 0.3 is 0 Å². The van der Waals surface area contributed by atoms with E-state index in [4.69, 9.17) is 16.7 Å². The third kappa shape index (κ3) is 1.30. The van der Waals surface area contributed by atoms with Crippen LogP contribution in [0.25, 0.3) is 0 Å². The molecule has 0 fully saturated rings. The second-order valence-corrected chi connectivity index (χ2v) is 2.67. The summed E-state index contributed by atoms with van der Waals surface area (Å²) >= 11 is 5.54. The van der Waals surface area contributed by atoms with Crippen LogP contribution in [0.5, 0.6) is 0 Å². The Balaban J connectivity index is 2.79. The summed E-state index contributed by atoms with van der Waals surface area (Å²) in [7, 11) is 1.61. The molecular weight excluding hydrogens is 154 g/mol. The van der Waals surface area contributed by atoms with Crippen molar-refractivity contribution < 1.29 is 9.90 Å². The van der Waals surface area contributed by atoms with Crippen LogP contribution in [-0.2, 0) is 4.79 Å². The first-order chi connectivity index (χ1) is 4.61. The number of aliphatic hydroxyl groups excluding tert-OH is 1. The summed E-state index contributed by atoms with van der Waals surface area (Å²) in [5.41, 5.74) is 0. The number of amides is 1. The molecule has 1 aliphatic rings. The lowest BCUT2D eigenvalue weighted by Crippen LogP contribution is -2.31. The fourth-order valence-corrected chi connectivity index (χ4v) is 0.973. The van der Waals surface area contributed by atoms with Crippen molar-refractivity contribution in [3.63, 3.8) is 0 Å². The number of carbonyl (C=O) groups is 1. The average Bonchev–Trinajstić information content (AvgIpc) is 1.84. The van der Waals surface area contributed by atoms with Crippen LogP contribution < -0.4 is 0 Å². The Bertz CT molecular complexity index is 190. The molecule has 1 unspecified atom stereocenters. The van der Waals surface area contributed by atoms with E-state index < -0.39 is 6.10 Å². The van der Waals surface area contributed by atoms with Gasteiger partial charge in [-0.2, -0.15) is 0 Å². The first-order valence-electron chi connectivity index (χ1n) is 2.92. The molecule has 1 heterocycles. The van der Waals surface area contributed by atoms with E-state index >= 15 is 0 Å². The molecule has 0 aromatic heterocycles. The molecule has 0 radical (unpaired) electrons. The van der Waals surface area contributed by atoms with E-state index in [-0.39, 0.29) is 12.3 Å². The van der Waals surface area contributed by atoms with Crippen LogP contribution in [0.15, 0.2) is 11.2 Å². The molecule has 4 heteroatoms. The minimum absolute atomic E-state index is 0.0891. The summed E-state index contributed by atoms with van der Waals surface area (Å²) in [6, 6.07) is 0. The normalized spacial score (nSPS) is 26.7. The third-order valence-electron chi connectivity index (χ3n) is 1.40. The molecule has 1 rings (SSSR count). The highest BCUT2D eigenvalue weighted by Crippen LogP contribution is 2.17. The molecule has 0 bridgehead atoms. The predicted octanol–water partition coefficient (Wildman–Crippen LogP) is 0.290. The van der Waals surface area contributed by atoms with Crippen molar-refractivity contribution in [1.82, 2.24) is 4.90 Å². The van der Waals surface area contributed by atoms with E-state index in [9.17, 15) is 4.79 Å². The van der Waals surface area contributed by atoms with E-state index in [0.29, 0.717) is 5.03 Å². The lowest BCUT2D eigenvalue weighted by molar-refractivity contribution is -0.129. The summed E-state index contributed by atoms with van der Waals surface area (Å²) in [6.45, 7) is 0. The predicted molar refractivity (Wildman–Crippen MR) is 37.3 cm³/mol. The Hall–Kier alpha value is -0.540. The van der Waals surface area contributed by atoms with Crippen molar-refractivity contribution in [1.29, 1.82) is 0 Å². The van der Waals surface area contributed by atoms with E-state index in [1.54, 1.807) is 7.05 Å². The lowest BCUT2D eigenvalue weighted by Gasteiger charge is -2.21. The third-order valence-corrected chi connectivity index (χ3v) is 1.75. The summed E-state index contributed by atoms with van der Waals surface area (Å²) in [5.74, 6) is -0.114. The van der Waals surface area contributed by atoms with Crippen LogP contribution in [0.4, 0.5) is 0 Å². The zero-order chi connectivity index (χ0) is 7.72. The molecule has 1 atom stereocenters. The molecule has 1 amide bonds. The van der Waals surface area contributed by atoms with Gasteiger partial charge in [0.05, 0.1) is 17.6 Å². The summed E-state index contributed by atoms with van der Waals surface area (Å²) in [6.07, 6.45) is 0.717. The lowest BCUT2D eigenvalue weighted by atomic mass is 10.2. The quantitative estimate of drug-likeness (QED) is 0.555. The van der Waals surface area contributed by atoms with Gasteiger partial charge in [0.1, 0.15) is 0 Å². The Labute approximate surface area is 63.9 Å². The Morgan fingerprint density at radius 3 is 3.00 bits per heavy atom. The molecule has 1 aliphatic heterocycles. The molecule has 3 nitrogen and oxygen atoms in total. The van der Waals surface area contributed by atoms with E-state index in [1.165, 1.54) is 11.1 Å². The number of rotatable bonds is 0. The van der Waals surface area contributed by atoms with Crippen LogP contribution in [0.1, 0.15) is 6.42 Å². The van der Waals surface area contributed by atoms with Gasteiger partial charge in [-0.3, -0.25) is 4.79 Å². The van der Waals surface area contributed by atoms with Crippen LogP contribution in [0.3, 0.4) is 0 Å². The Morgan fingerprint density at radius 1 is 1.90 bits per heavy atom. The fraction of sp³-hybridized carbons (Fsp3) is 0.500. The number of hydrogen-bond acceptors (Lipinski definition) is 2. The van der Waals surface area contributed by atoms with Gasteiger partial charge < -0.3 is 10.0 Å². The first kappa shape index (κ1) is 7.57. The molecule has 10 heavy (non-hydrogen) atoms. The van der Waals surface area contributed by atoms with Gasteiger partial charge in [-0.15, -0.1) is 0 Å². The van der Waals surface area contributed by atoms with Crippen molar-refractivity contribution in [2.75, 3.05) is 7.05 Å². The second kappa shape index (κ2) is 2.60. The monoisotopic (exact) mass is 161 g/mol. The highest BCUT2D eigenvalue weighted by Gasteiger charge is 2.21. The van der Waals surface area contributed by atoms with Crippen molar-refractivity contribution >= 4 is 17.5 Å². The number of halogens is 1. The molecule has 0 saturated heterocycles. The highest BCUT2D eigenvalue weighted by molar-refractivity contribution is 6.30. The van der Waals surface area contributed by atoms with Crippen molar-refractivity contribution in [2.45, 2.75) is 12.5 Å². The largest absolute Gasteiger partial charge is 0.387 e. The maximum absolute atomic E-state index is 10.8. The average molecular weight is 162 g/mol. The van der Waals surface area contributed by atoms with Gasteiger partial charge in [-0.05, 0) is 0 Å². The Kier molecular flexibility index (Phi) is 1.97. The van der Waals surface area contributed by atoms with Gasteiger partial charge in [0.25, 0.3) is 0 Å². The van der Waals surface area contributed by atoms with Crippen molar-refractivity contribution in [2.24, 2.45) is 0 Å². The van der Waals surface area contributed by atoms with E-state index in [2.05, 4.69) is 0 Å². The van der Waals surface area contributed by atoms with E-state index in [1.807, 2.05) is 0 Å². The summed E-state index contributed by atoms with van der Waals surface area (Å²) < 4.78 is 0. The van der Waals surface area contributed by atoms with Crippen LogP contribution in [0, 0.1) is 0 Å². The molecule has 0 aromatic carbocycles. The summed E-state index contributed by atoms with van der Waals surface area (Å²) in [4.78, 5) is 12.2. The molecule has 0 saturated carbocycles. The van der Waals surface area contributed by atoms with Crippen LogP contribution in [-0.4, -0.2) is 29.1 Å². The molecule has 0 aromatic rings. The number of nitrogens with zero attached hydrogens (tertiary/aromatic N) is 1. The van der Waals surface area contributed by atoms with Gasteiger partial charge in [0.15, 0.2) is 0 Å². The van der Waals surface area contributed by atoms with Crippen molar-refractivity contribution in [3.05, 3.63) is 11.2 Å². The van der Waals surface area contributed by atoms with Crippen molar-refractivity contribution in [3.8, 4) is 0 Å². The van der Waals surface area contributed by atoms with Gasteiger partial charge in [0, 0.05) is 13.2 Å². The minimum atomic E-state index is -0.801. The van der Waals surface area contributed by atoms with Crippen LogP contribution in [0.2, 0.25) is 0 Å². The minimum Gasteiger partial charge on any atom is -0.387 e. The maximum atomic E-state index is 10.8. The zero-order valence-corrected chi connectivity index (χ0v) is 6.30. The van der Waals surface area contributed by atoms with Gasteiger partial charge in [-0.1, -0.05) is 11.6 Å². The highest BCUT2D eigenvalue weighted by atomic mass is 35.5. The molecule has 56 valence electrons. The maximum Gasteiger partial charge on any atom is 0.229 e.